The first-order valence-corrected chi connectivity index (χ1v) is 7.55. The molecule has 2 heterocycles. The van der Waals surface area contributed by atoms with E-state index in [1.54, 1.807) is 0 Å². The standard InChI is InChI=1S/C16H14ClF2N3O/c1-3-8(2)16(23)21-14-13(10(17)7-20-15(14)22-16)9-4-5-11(18)12(19)6-9/h4-8,23H,3H2,1-2H3. The van der Waals surface area contributed by atoms with Gasteiger partial charge in [-0.1, -0.05) is 31.5 Å². The third-order valence-electron chi connectivity index (χ3n) is 4.02. The van der Waals surface area contributed by atoms with Gasteiger partial charge in [-0.05, 0) is 24.1 Å². The third-order valence-corrected chi connectivity index (χ3v) is 4.30. The van der Waals surface area contributed by atoms with Crippen molar-refractivity contribution in [3.8, 4) is 11.1 Å². The number of benzene rings is 1. The smallest absolute Gasteiger partial charge is 0.259 e. The predicted octanol–water partition coefficient (Wildman–Crippen LogP) is 2.63. The maximum absolute atomic E-state index is 13.5. The molecule has 0 radical (unpaired) electrons. The molecule has 0 amide bonds. The SMILES string of the molecule is CCC(C)C1(O)N=c2ncc(Cl)c(-c3ccc(F)c(F)c3)c2=N1. The molecule has 1 aromatic heterocycles. The molecule has 120 valence electrons. The minimum absolute atomic E-state index is 0.224. The second-order valence-corrected chi connectivity index (χ2v) is 5.91. The normalized spacial score (nSPS) is 20.6. The number of hydrogen-bond acceptors (Lipinski definition) is 4. The summed E-state index contributed by atoms with van der Waals surface area (Å²) in [6, 6.07) is 3.45. The number of aromatic nitrogens is 1. The lowest BCUT2D eigenvalue weighted by molar-refractivity contribution is 0.00207. The number of fused-ring (bicyclic) bond motifs is 1. The van der Waals surface area contributed by atoms with E-state index < -0.39 is 17.5 Å². The Labute approximate surface area is 136 Å². The summed E-state index contributed by atoms with van der Waals surface area (Å²) >= 11 is 6.18. The molecule has 4 nitrogen and oxygen atoms in total. The van der Waals surface area contributed by atoms with Crippen LogP contribution in [0.1, 0.15) is 20.3 Å². The van der Waals surface area contributed by atoms with Gasteiger partial charge in [-0.25, -0.2) is 23.7 Å². The zero-order chi connectivity index (χ0) is 16.8. The van der Waals surface area contributed by atoms with Gasteiger partial charge in [0.05, 0.1) is 5.02 Å². The van der Waals surface area contributed by atoms with Crippen LogP contribution >= 0.6 is 11.6 Å². The molecule has 2 aromatic rings. The fraction of sp³-hybridized carbons (Fsp3) is 0.312. The quantitative estimate of drug-likeness (QED) is 0.936. The van der Waals surface area contributed by atoms with Gasteiger partial charge in [0, 0.05) is 17.7 Å². The van der Waals surface area contributed by atoms with Crippen LogP contribution in [-0.4, -0.2) is 15.9 Å². The van der Waals surface area contributed by atoms with Gasteiger partial charge >= 0.3 is 0 Å². The van der Waals surface area contributed by atoms with Crippen molar-refractivity contribution in [2.24, 2.45) is 15.9 Å². The molecule has 3 rings (SSSR count). The number of aliphatic hydroxyl groups is 1. The number of halogens is 3. The van der Waals surface area contributed by atoms with Gasteiger partial charge in [0.15, 0.2) is 17.1 Å². The highest BCUT2D eigenvalue weighted by atomic mass is 35.5. The summed E-state index contributed by atoms with van der Waals surface area (Å²) in [6.07, 6.45) is 2.02. The zero-order valence-corrected chi connectivity index (χ0v) is 13.3. The van der Waals surface area contributed by atoms with E-state index in [1.807, 2.05) is 13.8 Å². The largest absolute Gasteiger partial charge is 0.351 e. The van der Waals surface area contributed by atoms with Gasteiger partial charge in [-0.15, -0.1) is 0 Å². The van der Waals surface area contributed by atoms with Crippen molar-refractivity contribution < 1.29 is 13.9 Å². The summed E-state index contributed by atoms with van der Waals surface area (Å²) in [7, 11) is 0. The highest BCUT2D eigenvalue weighted by Gasteiger charge is 2.35. The predicted molar refractivity (Wildman–Crippen MR) is 81.3 cm³/mol. The van der Waals surface area contributed by atoms with Crippen LogP contribution in [0.25, 0.3) is 11.1 Å². The highest BCUT2D eigenvalue weighted by Crippen LogP contribution is 2.28. The monoisotopic (exact) mass is 337 g/mol. The molecule has 0 saturated carbocycles. The van der Waals surface area contributed by atoms with Gasteiger partial charge in [-0.3, -0.25) is 0 Å². The topological polar surface area (TPSA) is 57.8 Å². The fourth-order valence-corrected chi connectivity index (χ4v) is 2.67. The van der Waals surface area contributed by atoms with E-state index in [9.17, 15) is 13.9 Å². The van der Waals surface area contributed by atoms with Gasteiger partial charge in [-0.2, -0.15) is 0 Å². The Morgan fingerprint density at radius 2 is 2.00 bits per heavy atom. The van der Waals surface area contributed by atoms with Gasteiger partial charge in [0.2, 0.25) is 0 Å². The first kappa shape index (κ1) is 16.0. The fourth-order valence-electron chi connectivity index (χ4n) is 2.42. The Hall–Kier alpha value is -1.92. The number of nitrogens with zero attached hydrogens (tertiary/aromatic N) is 3. The van der Waals surface area contributed by atoms with Crippen molar-refractivity contribution in [2.75, 3.05) is 0 Å². The maximum Gasteiger partial charge on any atom is 0.259 e. The molecule has 1 aliphatic heterocycles. The zero-order valence-electron chi connectivity index (χ0n) is 12.5. The molecule has 0 spiro atoms. The average molecular weight is 338 g/mol. The molecule has 0 bridgehead atoms. The summed E-state index contributed by atoms with van der Waals surface area (Å²) in [5.74, 6) is -3.79. The van der Waals surface area contributed by atoms with Crippen molar-refractivity contribution in [3.05, 3.63) is 51.9 Å². The van der Waals surface area contributed by atoms with Crippen molar-refractivity contribution in [1.82, 2.24) is 4.98 Å². The van der Waals surface area contributed by atoms with E-state index in [-0.39, 0.29) is 21.8 Å². The first-order valence-electron chi connectivity index (χ1n) is 7.17. The lowest BCUT2D eigenvalue weighted by Gasteiger charge is -2.21. The Kier molecular flexibility index (Phi) is 3.90. The van der Waals surface area contributed by atoms with Crippen LogP contribution in [0, 0.1) is 17.6 Å². The summed E-state index contributed by atoms with van der Waals surface area (Å²) in [4.78, 5) is 12.5. The Morgan fingerprint density at radius 1 is 1.26 bits per heavy atom. The van der Waals surface area contributed by atoms with Gasteiger partial charge in [0.1, 0.15) is 5.36 Å². The van der Waals surface area contributed by atoms with E-state index in [0.29, 0.717) is 17.5 Å². The van der Waals surface area contributed by atoms with Gasteiger partial charge < -0.3 is 5.11 Å². The highest BCUT2D eigenvalue weighted by molar-refractivity contribution is 6.33. The molecule has 1 aliphatic rings. The average Bonchev–Trinajstić information content (AvgIpc) is 2.87. The molecule has 2 atom stereocenters. The van der Waals surface area contributed by atoms with Crippen molar-refractivity contribution in [1.29, 1.82) is 0 Å². The summed E-state index contributed by atoms with van der Waals surface area (Å²) in [5, 5.41) is 11.1. The summed E-state index contributed by atoms with van der Waals surface area (Å²) in [5.41, 5.74) is 0.954. The Morgan fingerprint density at radius 3 is 2.65 bits per heavy atom. The van der Waals surface area contributed by atoms with Crippen LogP contribution in [0.5, 0.6) is 0 Å². The van der Waals surface area contributed by atoms with E-state index in [2.05, 4.69) is 15.0 Å². The Bertz CT molecular complexity index is 903. The van der Waals surface area contributed by atoms with Gasteiger partial charge in [0.25, 0.3) is 5.85 Å². The molecule has 0 fully saturated rings. The van der Waals surface area contributed by atoms with Crippen LogP contribution in [0.3, 0.4) is 0 Å². The summed E-state index contributed by atoms with van der Waals surface area (Å²) in [6.45, 7) is 3.73. The van der Waals surface area contributed by atoms with E-state index >= 15 is 0 Å². The van der Waals surface area contributed by atoms with Crippen LogP contribution in [-0.2, 0) is 0 Å². The van der Waals surface area contributed by atoms with Crippen molar-refractivity contribution in [3.63, 3.8) is 0 Å². The molecule has 23 heavy (non-hydrogen) atoms. The molecule has 1 aromatic carbocycles. The van der Waals surface area contributed by atoms with E-state index in [1.165, 1.54) is 12.3 Å². The molecule has 1 N–H and O–H groups in total. The third kappa shape index (κ3) is 2.62. The van der Waals surface area contributed by atoms with Crippen molar-refractivity contribution in [2.45, 2.75) is 26.1 Å². The molecular formula is C16H14ClF2N3O. The van der Waals surface area contributed by atoms with E-state index in [0.717, 1.165) is 12.1 Å². The maximum atomic E-state index is 13.5. The second-order valence-electron chi connectivity index (χ2n) is 5.50. The summed E-state index contributed by atoms with van der Waals surface area (Å²) < 4.78 is 26.7. The molecule has 0 saturated heterocycles. The first-order chi connectivity index (χ1) is 10.9. The van der Waals surface area contributed by atoms with Crippen LogP contribution in [0.2, 0.25) is 5.02 Å². The molecule has 2 unspecified atom stereocenters. The number of hydrogen-bond donors (Lipinski definition) is 1. The number of rotatable bonds is 3. The van der Waals surface area contributed by atoms with Crippen LogP contribution < -0.4 is 10.8 Å². The number of pyridine rings is 1. The Balaban J connectivity index is 2.28. The lowest BCUT2D eigenvalue weighted by atomic mass is 10.0. The van der Waals surface area contributed by atoms with Crippen LogP contribution in [0.15, 0.2) is 34.4 Å². The second kappa shape index (κ2) is 5.62. The molecular weight excluding hydrogens is 324 g/mol. The molecule has 7 heteroatoms. The van der Waals surface area contributed by atoms with Crippen LogP contribution in [0.4, 0.5) is 8.78 Å². The minimum Gasteiger partial charge on any atom is -0.351 e. The van der Waals surface area contributed by atoms with Crippen molar-refractivity contribution >= 4 is 11.6 Å². The minimum atomic E-state index is -1.62. The van der Waals surface area contributed by atoms with E-state index in [4.69, 9.17) is 11.6 Å². The molecule has 0 aliphatic carbocycles. The lowest BCUT2D eigenvalue weighted by Crippen LogP contribution is -2.31.